The second-order valence-electron chi connectivity index (χ2n) is 5.62. The number of thiazole rings is 1. The normalized spacial score (nSPS) is 10.7. The number of ether oxygens (including phenoxy) is 1. The molecular weight excluding hydrogens is 516 g/mol. The second-order valence-corrected chi connectivity index (χ2v) is 8.30. The minimum absolute atomic E-state index is 0.00831. The number of nitrogens with zero attached hydrogens (tertiary/aromatic N) is 1. The molecule has 2 heterocycles. The van der Waals surface area contributed by atoms with Crippen LogP contribution in [0.4, 0.5) is 10.8 Å². The predicted molar refractivity (Wildman–Crippen MR) is 114 cm³/mol. The number of methoxy groups -OCH3 is 1. The molecule has 0 atom stereocenters. The van der Waals surface area contributed by atoms with Gasteiger partial charge >= 0.3 is 5.97 Å². The van der Waals surface area contributed by atoms with Crippen LogP contribution in [-0.4, -0.2) is 34.9 Å². The highest BCUT2D eigenvalue weighted by atomic mass is 79.9. The van der Waals surface area contributed by atoms with E-state index in [0.29, 0.717) is 26.6 Å². The Labute approximate surface area is 180 Å². The van der Waals surface area contributed by atoms with Gasteiger partial charge in [-0.2, -0.15) is 0 Å². The zero-order chi connectivity index (χ0) is 20.3. The molecule has 2 amide bonds. The molecule has 3 aromatic rings. The molecule has 0 unspecified atom stereocenters. The zero-order valence-electron chi connectivity index (χ0n) is 14.5. The Morgan fingerprint density at radius 3 is 2.64 bits per heavy atom. The number of hydrogen-bond acceptors (Lipinski definition) is 6. The highest BCUT2D eigenvalue weighted by Gasteiger charge is 2.13. The summed E-state index contributed by atoms with van der Waals surface area (Å²) in [6.07, 6.45) is 0.0273. The van der Waals surface area contributed by atoms with Gasteiger partial charge in [-0.1, -0.05) is 11.3 Å². The maximum absolute atomic E-state index is 12.3. The van der Waals surface area contributed by atoms with Crippen molar-refractivity contribution in [2.45, 2.75) is 12.8 Å². The van der Waals surface area contributed by atoms with Crippen LogP contribution >= 0.6 is 43.2 Å². The minimum Gasteiger partial charge on any atom is -0.469 e. The number of aromatic amines is 1. The number of amides is 2. The SMILES string of the molecule is COC(=O)CCC(=O)Nc1nc2ccc(NC(=O)c3cc(Br)c(Br)[nH]3)cc2s1. The minimum atomic E-state index is -0.444. The van der Waals surface area contributed by atoms with Gasteiger partial charge in [0, 0.05) is 12.1 Å². The van der Waals surface area contributed by atoms with Crippen LogP contribution in [0.5, 0.6) is 0 Å². The number of hydrogen-bond donors (Lipinski definition) is 3. The largest absolute Gasteiger partial charge is 0.469 e. The third kappa shape index (κ3) is 4.97. The number of esters is 1. The first-order valence-corrected chi connectivity index (χ1v) is 10.4. The molecule has 2 aromatic heterocycles. The molecule has 0 aliphatic rings. The third-order valence-corrected chi connectivity index (χ3v) is 6.36. The van der Waals surface area contributed by atoms with E-state index in [1.54, 1.807) is 24.3 Å². The number of benzene rings is 1. The summed E-state index contributed by atoms with van der Waals surface area (Å²) in [7, 11) is 1.28. The highest BCUT2D eigenvalue weighted by Crippen LogP contribution is 2.29. The van der Waals surface area contributed by atoms with Crippen molar-refractivity contribution in [3.8, 4) is 0 Å². The molecule has 0 aliphatic heterocycles. The van der Waals surface area contributed by atoms with Crippen LogP contribution in [0.15, 0.2) is 33.3 Å². The van der Waals surface area contributed by atoms with E-state index >= 15 is 0 Å². The predicted octanol–water partition coefficient (Wildman–Crippen LogP) is 4.29. The standard InChI is InChI=1S/C17H14Br2N4O4S/c1-27-14(25)5-4-13(24)23-17-22-10-3-2-8(6-12(10)28-17)20-16(26)11-7-9(18)15(19)21-11/h2-3,6-7,21H,4-5H2,1H3,(H,20,26)(H,22,23,24). The van der Waals surface area contributed by atoms with Crippen molar-refractivity contribution >= 4 is 82.0 Å². The summed E-state index contributed by atoms with van der Waals surface area (Å²) in [6.45, 7) is 0. The van der Waals surface area contributed by atoms with Crippen LogP contribution in [0.1, 0.15) is 23.3 Å². The lowest BCUT2D eigenvalue weighted by molar-refractivity contribution is -0.141. The average Bonchev–Trinajstić information content (AvgIpc) is 3.21. The van der Waals surface area contributed by atoms with E-state index in [2.05, 4.69) is 57.2 Å². The summed E-state index contributed by atoms with van der Waals surface area (Å²) >= 11 is 7.90. The van der Waals surface area contributed by atoms with Crippen molar-refractivity contribution < 1.29 is 19.1 Å². The van der Waals surface area contributed by atoms with Gasteiger partial charge in [0.1, 0.15) is 5.69 Å². The molecule has 3 N–H and O–H groups in total. The average molecular weight is 530 g/mol. The van der Waals surface area contributed by atoms with Gasteiger partial charge in [0.15, 0.2) is 5.13 Å². The monoisotopic (exact) mass is 528 g/mol. The Bertz CT molecular complexity index is 1040. The van der Waals surface area contributed by atoms with E-state index in [9.17, 15) is 14.4 Å². The molecule has 0 aliphatic carbocycles. The third-order valence-electron chi connectivity index (χ3n) is 3.65. The van der Waals surface area contributed by atoms with Crippen molar-refractivity contribution in [3.63, 3.8) is 0 Å². The van der Waals surface area contributed by atoms with Gasteiger partial charge in [-0.15, -0.1) is 0 Å². The van der Waals surface area contributed by atoms with Gasteiger partial charge in [-0.25, -0.2) is 4.98 Å². The molecule has 11 heteroatoms. The molecule has 8 nitrogen and oxygen atoms in total. The number of halogens is 2. The fourth-order valence-electron chi connectivity index (χ4n) is 2.28. The van der Waals surface area contributed by atoms with Crippen molar-refractivity contribution in [2.24, 2.45) is 0 Å². The summed E-state index contributed by atoms with van der Waals surface area (Å²) in [6, 6.07) is 6.94. The topological polar surface area (TPSA) is 113 Å². The van der Waals surface area contributed by atoms with Gasteiger partial charge in [0.05, 0.1) is 32.8 Å². The van der Waals surface area contributed by atoms with Crippen molar-refractivity contribution in [3.05, 3.63) is 39.0 Å². The quantitative estimate of drug-likeness (QED) is 0.412. The van der Waals surface area contributed by atoms with E-state index in [1.807, 2.05) is 0 Å². The molecule has 0 saturated carbocycles. The molecule has 3 rings (SSSR count). The number of fused-ring (bicyclic) bond motifs is 1. The van der Waals surface area contributed by atoms with E-state index in [4.69, 9.17) is 0 Å². The van der Waals surface area contributed by atoms with Crippen molar-refractivity contribution in [1.29, 1.82) is 0 Å². The molecule has 0 radical (unpaired) electrons. The fraction of sp³-hybridized carbons (Fsp3) is 0.176. The maximum atomic E-state index is 12.3. The number of rotatable bonds is 6. The van der Waals surface area contributed by atoms with E-state index < -0.39 is 5.97 Å². The number of aromatic nitrogens is 2. The van der Waals surface area contributed by atoms with Crippen LogP contribution in [0.3, 0.4) is 0 Å². The first-order chi connectivity index (χ1) is 13.4. The Morgan fingerprint density at radius 2 is 1.96 bits per heavy atom. The molecule has 28 heavy (non-hydrogen) atoms. The first kappa shape index (κ1) is 20.5. The summed E-state index contributed by atoms with van der Waals surface area (Å²) in [4.78, 5) is 42.6. The van der Waals surface area contributed by atoms with E-state index in [-0.39, 0.29) is 24.7 Å². The van der Waals surface area contributed by atoms with Gasteiger partial charge in [-0.3, -0.25) is 14.4 Å². The van der Waals surface area contributed by atoms with Gasteiger partial charge in [0.2, 0.25) is 5.91 Å². The maximum Gasteiger partial charge on any atom is 0.306 e. The molecule has 0 fully saturated rings. The Hall–Kier alpha value is -2.24. The van der Waals surface area contributed by atoms with Crippen molar-refractivity contribution in [1.82, 2.24) is 9.97 Å². The van der Waals surface area contributed by atoms with E-state index in [0.717, 1.165) is 9.17 Å². The number of H-pyrrole nitrogens is 1. The smallest absolute Gasteiger partial charge is 0.306 e. The van der Waals surface area contributed by atoms with Crippen molar-refractivity contribution in [2.75, 3.05) is 17.7 Å². The summed E-state index contributed by atoms with van der Waals surface area (Å²) in [5.41, 5.74) is 1.70. The molecule has 0 spiro atoms. The Kier molecular flexibility index (Phi) is 6.47. The van der Waals surface area contributed by atoms with Gasteiger partial charge in [-0.05, 0) is 56.1 Å². The molecule has 0 saturated heterocycles. The summed E-state index contributed by atoms with van der Waals surface area (Å²) < 4.78 is 6.75. The lowest BCUT2D eigenvalue weighted by Crippen LogP contribution is -2.13. The first-order valence-electron chi connectivity index (χ1n) is 7.98. The fourth-order valence-corrected chi connectivity index (χ4v) is 3.86. The Balaban J connectivity index is 1.67. The molecule has 1 aromatic carbocycles. The van der Waals surface area contributed by atoms with Crippen LogP contribution in [0.25, 0.3) is 10.2 Å². The lowest BCUT2D eigenvalue weighted by atomic mass is 10.3. The molecule has 0 bridgehead atoms. The zero-order valence-corrected chi connectivity index (χ0v) is 18.5. The summed E-state index contributed by atoms with van der Waals surface area (Å²) in [5.74, 6) is -1.05. The van der Waals surface area contributed by atoms with E-state index in [1.165, 1.54) is 18.4 Å². The highest BCUT2D eigenvalue weighted by molar-refractivity contribution is 9.13. The molecule has 146 valence electrons. The van der Waals surface area contributed by atoms with Crippen LogP contribution in [0.2, 0.25) is 0 Å². The number of carbonyl (C=O) groups excluding carboxylic acids is 3. The molecular formula is C17H14Br2N4O4S. The van der Waals surface area contributed by atoms with Crippen LogP contribution in [0, 0.1) is 0 Å². The Morgan fingerprint density at radius 1 is 1.18 bits per heavy atom. The van der Waals surface area contributed by atoms with Crippen LogP contribution in [-0.2, 0) is 14.3 Å². The summed E-state index contributed by atoms with van der Waals surface area (Å²) in [5, 5.41) is 5.89. The van der Waals surface area contributed by atoms with Gasteiger partial charge < -0.3 is 20.4 Å². The lowest BCUT2D eigenvalue weighted by Gasteiger charge is -2.03. The number of carbonyl (C=O) groups is 3. The number of nitrogens with one attached hydrogen (secondary N) is 3. The second kappa shape index (κ2) is 8.84. The number of anilines is 2. The van der Waals surface area contributed by atoms with Gasteiger partial charge in [0.25, 0.3) is 5.91 Å². The van der Waals surface area contributed by atoms with Crippen LogP contribution < -0.4 is 10.6 Å².